The van der Waals surface area contributed by atoms with Gasteiger partial charge in [0.25, 0.3) is 0 Å². The molecule has 0 unspecified atom stereocenters. The zero-order valence-corrected chi connectivity index (χ0v) is 10.3. The molecule has 0 atom stereocenters. The predicted octanol–water partition coefficient (Wildman–Crippen LogP) is 2.47. The van der Waals surface area contributed by atoms with E-state index in [1.165, 1.54) is 12.1 Å². The quantitative estimate of drug-likeness (QED) is 0.642. The van der Waals surface area contributed by atoms with Crippen molar-refractivity contribution in [2.45, 2.75) is 19.0 Å². The molecule has 1 aliphatic rings. The van der Waals surface area contributed by atoms with Gasteiger partial charge in [-0.05, 0) is 38.1 Å². The van der Waals surface area contributed by atoms with Crippen LogP contribution in [0.1, 0.15) is 28.8 Å². The number of anilines is 1. The highest BCUT2D eigenvalue weighted by atomic mass is 19.4. The summed E-state index contributed by atoms with van der Waals surface area (Å²) in [6, 6.07) is 3.50. The summed E-state index contributed by atoms with van der Waals surface area (Å²) < 4.78 is 38.2. The number of nitrogens with two attached hydrogens (primary N) is 1. The Hall–Kier alpha value is -1.56. The third kappa shape index (κ3) is 2.89. The molecular weight excluding hydrogens is 257 g/mol. The summed E-state index contributed by atoms with van der Waals surface area (Å²) in [5.41, 5.74) is 4.11. The fourth-order valence-corrected chi connectivity index (χ4v) is 2.33. The number of alkyl halides is 3. The number of ketones is 1. The summed E-state index contributed by atoms with van der Waals surface area (Å²) in [5.74, 6) is -0.530. The number of para-hydroxylation sites is 1. The van der Waals surface area contributed by atoms with E-state index in [4.69, 9.17) is 5.73 Å². The summed E-state index contributed by atoms with van der Waals surface area (Å²) in [6.45, 7) is 1.41. The van der Waals surface area contributed by atoms with E-state index in [0.29, 0.717) is 25.9 Å². The summed E-state index contributed by atoms with van der Waals surface area (Å²) >= 11 is 0. The van der Waals surface area contributed by atoms with Crippen LogP contribution in [0.5, 0.6) is 0 Å². The van der Waals surface area contributed by atoms with Crippen LogP contribution in [0.3, 0.4) is 0 Å². The number of hydrogen-bond acceptors (Lipinski definition) is 3. The zero-order chi connectivity index (χ0) is 14.0. The van der Waals surface area contributed by atoms with Crippen molar-refractivity contribution >= 4 is 11.5 Å². The number of nitrogen functional groups attached to an aromatic ring is 1. The Morgan fingerprint density at radius 3 is 2.47 bits per heavy atom. The third-order valence-electron chi connectivity index (χ3n) is 3.39. The van der Waals surface area contributed by atoms with E-state index in [-0.39, 0.29) is 17.3 Å². The zero-order valence-electron chi connectivity index (χ0n) is 10.3. The van der Waals surface area contributed by atoms with Crippen molar-refractivity contribution in [3.63, 3.8) is 0 Å². The first-order chi connectivity index (χ1) is 8.91. The van der Waals surface area contributed by atoms with Gasteiger partial charge in [-0.15, -0.1) is 0 Å². The lowest BCUT2D eigenvalue weighted by atomic mass is 9.88. The number of carbonyl (C=O) groups excluding carboxylic acids is 1. The minimum atomic E-state index is -4.53. The standard InChI is InChI=1S/C13H15F3N2O/c14-13(15,16)10-3-1-2-9(11(10)17)12(19)8-4-6-18-7-5-8/h1-3,8,18H,4-7,17H2. The van der Waals surface area contributed by atoms with Crippen molar-refractivity contribution in [2.75, 3.05) is 18.8 Å². The Bertz CT molecular complexity index is 479. The predicted molar refractivity (Wildman–Crippen MR) is 65.8 cm³/mol. The first kappa shape index (κ1) is 13.9. The smallest absolute Gasteiger partial charge is 0.398 e. The van der Waals surface area contributed by atoms with E-state index >= 15 is 0 Å². The second-order valence-corrected chi connectivity index (χ2v) is 4.65. The number of halogens is 3. The van der Waals surface area contributed by atoms with Crippen LogP contribution in [0.2, 0.25) is 0 Å². The Morgan fingerprint density at radius 1 is 1.26 bits per heavy atom. The number of benzene rings is 1. The molecule has 6 heteroatoms. The minimum Gasteiger partial charge on any atom is -0.398 e. The number of nitrogens with one attached hydrogen (secondary N) is 1. The average Bonchev–Trinajstić information content (AvgIpc) is 2.38. The molecule has 1 aromatic rings. The molecule has 1 saturated heterocycles. The number of hydrogen-bond donors (Lipinski definition) is 2. The van der Waals surface area contributed by atoms with Gasteiger partial charge in [0.2, 0.25) is 0 Å². The Labute approximate surface area is 109 Å². The van der Waals surface area contributed by atoms with Gasteiger partial charge in [0, 0.05) is 11.5 Å². The molecule has 3 nitrogen and oxygen atoms in total. The lowest BCUT2D eigenvalue weighted by Crippen LogP contribution is -2.32. The highest BCUT2D eigenvalue weighted by Crippen LogP contribution is 2.36. The Morgan fingerprint density at radius 2 is 1.89 bits per heavy atom. The second-order valence-electron chi connectivity index (χ2n) is 4.65. The van der Waals surface area contributed by atoms with Crippen molar-refractivity contribution in [1.82, 2.24) is 5.32 Å². The van der Waals surface area contributed by atoms with Gasteiger partial charge in [0.15, 0.2) is 5.78 Å². The van der Waals surface area contributed by atoms with Crippen LogP contribution >= 0.6 is 0 Å². The fraction of sp³-hybridized carbons (Fsp3) is 0.462. The van der Waals surface area contributed by atoms with Crippen LogP contribution in [0.4, 0.5) is 18.9 Å². The van der Waals surface area contributed by atoms with Crippen LogP contribution in [-0.2, 0) is 6.18 Å². The minimum absolute atomic E-state index is 0.0123. The molecule has 0 radical (unpaired) electrons. The van der Waals surface area contributed by atoms with E-state index in [9.17, 15) is 18.0 Å². The Balaban J connectivity index is 2.32. The van der Waals surface area contributed by atoms with Crippen molar-refractivity contribution in [3.05, 3.63) is 29.3 Å². The first-order valence-corrected chi connectivity index (χ1v) is 6.12. The van der Waals surface area contributed by atoms with Crippen molar-refractivity contribution in [3.8, 4) is 0 Å². The van der Waals surface area contributed by atoms with Crippen LogP contribution in [0.25, 0.3) is 0 Å². The molecule has 3 N–H and O–H groups in total. The van der Waals surface area contributed by atoms with Gasteiger partial charge in [-0.2, -0.15) is 13.2 Å². The average molecular weight is 272 g/mol. The number of rotatable bonds is 2. The molecular formula is C13H15F3N2O. The van der Waals surface area contributed by atoms with Gasteiger partial charge in [-0.3, -0.25) is 4.79 Å². The highest BCUT2D eigenvalue weighted by molar-refractivity contribution is 6.02. The van der Waals surface area contributed by atoms with E-state index in [2.05, 4.69) is 5.32 Å². The molecule has 0 aliphatic carbocycles. The highest BCUT2D eigenvalue weighted by Gasteiger charge is 2.35. The monoisotopic (exact) mass is 272 g/mol. The van der Waals surface area contributed by atoms with Crippen LogP contribution < -0.4 is 11.1 Å². The molecule has 1 aromatic carbocycles. The summed E-state index contributed by atoms with van der Waals surface area (Å²) in [4.78, 5) is 12.2. The van der Waals surface area contributed by atoms with Crippen LogP contribution in [-0.4, -0.2) is 18.9 Å². The molecule has 0 spiro atoms. The summed E-state index contributed by atoms with van der Waals surface area (Å²) in [7, 11) is 0. The molecule has 104 valence electrons. The molecule has 1 heterocycles. The molecule has 0 saturated carbocycles. The lowest BCUT2D eigenvalue weighted by Gasteiger charge is -2.22. The largest absolute Gasteiger partial charge is 0.418 e. The fourth-order valence-electron chi connectivity index (χ4n) is 2.33. The maximum Gasteiger partial charge on any atom is 0.418 e. The van der Waals surface area contributed by atoms with E-state index in [0.717, 1.165) is 6.07 Å². The second kappa shape index (κ2) is 5.21. The van der Waals surface area contributed by atoms with Crippen LogP contribution in [0, 0.1) is 5.92 Å². The normalized spacial score (nSPS) is 17.4. The van der Waals surface area contributed by atoms with Gasteiger partial charge in [-0.1, -0.05) is 6.07 Å². The maximum absolute atomic E-state index is 12.7. The van der Waals surface area contributed by atoms with Gasteiger partial charge < -0.3 is 11.1 Å². The SMILES string of the molecule is Nc1c(C(=O)C2CCNCC2)cccc1C(F)(F)F. The Kier molecular flexibility index (Phi) is 3.80. The van der Waals surface area contributed by atoms with Crippen LogP contribution in [0.15, 0.2) is 18.2 Å². The molecule has 0 bridgehead atoms. The first-order valence-electron chi connectivity index (χ1n) is 6.12. The van der Waals surface area contributed by atoms with Gasteiger partial charge in [-0.25, -0.2) is 0 Å². The van der Waals surface area contributed by atoms with Crippen molar-refractivity contribution < 1.29 is 18.0 Å². The van der Waals surface area contributed by atoms with Gasteiger partial charge in [0.05, 0.1) is 11.3 Å². The number of Topliss-reactive ketones (excluding diaryl/α,β-unsaturated/α-hetero) is 1. The molecule has 19 heavy (non-hydrogen) atoms. The van der Waals surface area contributed by atoms with E-state index in [1.54, 1.807) is 0 Å². The molecule has 1 fully saturated rings. The third-order valence-corrected chi connectivity index (χ3v) is 3.39. The van der Waals surface area contributed by atoms with Gasteiger partial charge in [0.1, 0.15) is 0 Å². The van der Waals surface area contributed by atoms with Crippen molar-refractivity contribution in [2.24, 2.45) is 5.92 Å². The summed E-state index contributed by atoms with van der Waals surface area (Å²) in [6.07, 6.45) is -3.27. The topological polar surface area (TPSA) is 55.1 Å². The molecule has 0 aromatic heterocycles. The molecule has 2 rings (SSSR count). The number of carbonyl (C=O) groups is 1. The summed E-state index contributed by atoms with van der Waals surface area (Å²) in [5, 5.41) is 3.11. The van der Waals surface area contributed by atoms with E-state index in [1.807, 2.05) is 0 Å². The van der Waals surface area contributed by atoms with Gasteiger partial charge >= 0.3 is 6.18 Å². The molecule has 1 aliphatic heterocycles. The van der Waals surface area contributed by atoms with E-state index < -0.39 is 17.4 Å². The maximum atomic E-state index is 12.7. The number of piperidine rings is 1. The molecule has 0 amide bonds. The van der Waals surface area contributed by atoms with Crippen molar-refractivity contribution in [1.29, 1.82) is 0 Å². The lowest BCUT2D eigenvalue weighted by molar-refractivity contribution is -0.136.